The molecule has 2 aromatic carbocycles. The summed E-state index contributed by atoms with van der Waals surface area (Å²) < 4.78 is 30.6. The predicted molar refractivity (Wildman–Crippen MR) is 101 cm³/mol. The first-order valence-corrected chi connectivity index (χ1v) is 9.87. The van der Waals surface area contributed by atoms with Gasteiger partial charge in [-0.15, -0.1) is 0 Å². The molecule has 0 fully saturated rings. The van der Waals surface area contributed by atoms with Crippen LogP contribution in [-0.4, -0.2) is 18.2 Å². The maximum atomic E-state index is 13.4. The highest BCUT2D eigenvalue weighted by Crippen LogP contribution is 2.37. The maximum absolute atomic E-state index is 13.4. The van der Waals surface area contributed by atoms with Gasteiger partial charge in [0, 0.05) is 16.7 Å². The summed E-state index contributed by atoms with van der Waals surface area (Å²) in [5.41, 5.74) is 0.895. The van der Waals surface area contributed by atoms with Crippen LogP contribution in [0.1, 0.15) is 11.6 Å². The minimum absolute atomic E-state index is 0.236. The van der Waals surface area contributed by atoms with Gasteiger partial charge in [0.05, 0.1) is 17.1 Å². The fourth-order valence-corrected chi connectivity index (χ4v) is 4.72. The lowest BCUT2D eigenvalue weighted by Crippen LogP contribution is -2.37. The number of anilines is 1. The molecular weight excluding hydrogens is 402 g/mol. The summed E-state index contributed by atoms with van der Waals surface area (Å²) in [6.45, 7) is 0. The van der Waals surface area contributed by atoms with Crippen molar-refractivity contribution >= 4 is 38.0 Å². The SMILES string of the molecule is O=S(=O)(c1ccc(Br)cc1)N1c2ccnn2C=CC1c1ccccc1. The van der Waals surface area contributed by atoms with Crippen molar-refractivity contribution in [3.05, 3.63) is 83.0 Å². The maximum Gasteiger partial charge on any atom is 0.266 e. The van der Waals surface area contributed by atoms with Crippen molar-refractivity contribution in [1.29, 1.82) is 0 Å². The van der Waals surface area contributed by atoms with Crippen LogP contribution in [0.25, 0.3) is 6.20 Å². The monoisotopic (exact) mass is 415 g/mol. The molecule has 0 spiro atoms. The van der Waals surface area contributed by atoms with Gasteiger partial charge in [0.1, 0.15) is 5.82 Å². The van der Waals surface area contributed by atoms with E-state index in [1.165, 1.54) is 4.31 Å². The van der Waals surface area contributed by atoms with E-state index < -0.39 is 16.1 Å². The Morgan fingerprint density at radius 3 is 2.40 bits per heavy atom. The normalized spacial score (nSPS) is 16.7. The molecule has 4 rings (SSSR count). The van der Waals surface area contributed by atoms with E-state index in [-0.39, 0.29) is 4.90 Å². The molecule has 1 atom stereocenters. The molecule has 2 heterocycles. The van der Waals surface area contributed by atoms with Crippen LogP contribution in [0.2, 0.25) is 0 Å². The van der Waals surface area contributed by atoms with Crippen LogP contribution < -0.4 is 4.31 Å². The second-order valence-corrected chi connectivity index (χ2v) is 8.32. The fraction of sp³-hybridized carbons (Fsp3) is 0.0556. The van der Waals surface area contributed by atoms with Crippen LogP contribution in [0.4, 0.5) is 5.82 Å². The fourth-order valence-electron chi connectivity index (χ4n) is 2.87. The van der Waals surface area contributed by atoms with Gasteiger partial charge in [0.25, 0.3) is 10.0 Å². The third-order valence-electron chi connectivity index (χ3n) is 4.05. The predicted octanol–water partition coefficient (Wildman–Crippen LogP) is 4.07. The number of sulfonamides is 1. The van der Waals surface area contributed by atoms with Crippen molar-refractivity contribution in [2.45, 2.75) is 10.9 Å². The van der Waals surface area contributed by atoms with Crippen LogP contribution in [0.15, 0.2) is 82.3 Å². The Bertz CT molecular complexity index is 1030. The molecule has 0 N–H and O–H groups in total. The van der Waals surface area contributed by atoms with E-state index in [1.54, 1.807) is 47.4 Å². The second-order valence-electron chi connectivity index (χ2n) is 5.59. The van der Waals surface area contributed by atoms with Gasteiger partial charge in [0.2, 0.25) is 0 Å². The summed E-state index contributed by atoms with van der Waals surface area (Å²) in [7, 11) is -3.76. The van der Waals surface area contributed by atoms with Crippen molar-refractivity contribution in [2.24, 2.45) is 0 Å². The Kier molecular flexibility index (Phi) is 3.97. The Morgan fingerprint density at radius 2 is 1.68 bits per heavy atom. The molecule has 0 radical (unpaired) electrons. The summed E-state index contributed by atoms with van der Waals surface area (Å²) in [5, 5.41) is 4.17. The highest BCUT2D eigenvalue weighted by atomic mass is 79.9. The van der Waals surface area contributed by atoms with E-state index in [0.29, 0.717) is 5.82 Å². The van der Waals surface area contributed by atoms with Crippen molar-refractivity contribution in [2.75, 3.05) is 4.31 Å². The number of hydrogen-bond acceptors (Lipinski definition) is 3. The number of aromatic nitrogens is 2. The molecule has 126 valence electrons. The van der Waals surface area contributed by atoms with Gasteiger partial charge in [-0.1, -0.05) is 46.3 Å². The lowest BCUT2D eigenvalue weighted by molar-refractivity contribution is 0.583. The van der Waals surface area contributed by atoms with Crippen LogP contribution >= 0.6 is 15.9 Å². The Morgan fingerprint density at radius 1 is 0.960 bits per heavy atom. The lowest BCUT2D eigenvalue weighted by Gasteiger charge is -2.33. The van der Waals surface area contributed by atoms with Gasteiger partial charge < -0.3 is 0 Å². The molecule has 5 nitrogen and oxygen atoms in total. The average Bonchev–Trinajstić information content (AvgIpc) is 3.10. The van der Waals surface area contributed by atoms with E-state index in [2.05, 4.69) is 21.0 Å². The van der Waals surface area contributed by atoms with E-state index in [9.17, 15) is 8.42 Å². The van der Waals surface area contributed by atoms with Crippen molar-refractivity contribution < 1.29 is 8.42 Å². The highest BCUT2D eigenvalue weighted by Gasteiger charge is 2.35. The quantitative estimate of drug-likeness (QED) is 0.647. The Labute approximate surface area is 154 Å². The van der Waals surface area contributed by atoms with Crippen LogP contribution in [-0.2, 0) is 10.0 Å². The Hall–Kier alpha value is -2.38. The first kappa shape index (κ1) is 16.1. The van der Waals surface area contributed by atoms with Gasteiger partial charge in [0.15, 0.2) is 0 Å². The number of benzene rings is 2. The van der Waals surface area contributed by atoms with E-state index in [0.717, 1.165) is 10.0 Å². The molecule has 1 aliphatic rings. The summed E-state index contributed by atoms with van der Waals surface area (Å²) in [6.07, 6.45) is 5.23. The zero-order valence-corrected chi connectivity index (χ0v) is 15.4. The number of halogens is 1. The minimum Gasteiger partial charge on any atom is -0.238 e. The van der Waals surface area contributed by atoms with E-state index >= 15 is 0 Å². The molecule has 0 saturated heterocycles. The highest BCUT2D eigenvalue weighted by molar-refractivity contribution is 9.10. The van der Waals surface area contributed by atoms with E-state index in [4.69, 9.17) is 0 Å². The largest absolute Gasteiger partial charge is 0.266 e. The molecule has 0 amide bonds. The topological polar surface area (TPSA) is 55.2 Å². The first-order valence-electron chi connectivity index (χ1n) is 7.64. The molecule has 3 aromatic rings. The average molecular weight is 416 g/mol. The van der Waals surface area contributed by atoms with Crippen LogP contribution in [0.3, 0.4) is 0 Å². The number of hydrogen-bond donors (Lipinski definition) is 0. The molecule has 1 aromatic heterocycles. The Balaban J connectivity index is 1.88. The van der Waals surface area contributed by atoms with Gasteiger partial charge in [-0.2, -0.15) is 5.10 Å². The second kappa shape index (κ2) is 6.16. The number of nitrogens with zero attached hydrogens (tertiary/aromatic N) is 3. The molecule has 0 saturated carbocycles. The van der Waals surface area contributed by atoms with Crippen LogP contribution in [0, 0.1) is 0 Å². The van der Waals surface area contributed by atoms with Gasteiger partial charge in [-0.3, -0.25) is 0 Å². The third-order valence-corrected chi connectivity index (χ3v) is 6.38. The minimum atomic E-state index is -3.76. The zero-order valence-electron chi connectivity index (χ0n) is 13.0. The lowest BCUT2D eigenvalue weighted by atomic mass is 10.1. The zero-order chi connectivity index (χ0) is 17.4. The summed E-state index contributed by atoms with van der Waals surface area (Å²) in [5.74, 6) is 0.513. The molecule has 1 unspecified atom stereocenters. The van der Waals surface area contributed by atoms with Crippen LogP contribution in [0.5, 0.6) is 0 Å². The van der Waals surface area contributed by atoms with Crippen molar-refractivity contribution in [1.82, 2.24) is 9.78 Å². The van der Waals surface area contributed by atoms with E-state index in [1.807, 2.05) is 36.4 Å². The van der Waals surface area contributed by atoms with Gasteiger partial charge >= 0.3 is 0 Å². The molecule has 25 heavy (non-hydrogen) atoms. The van der Waals surface area contributed by atoms with Gasteiger partial charge in [-0.05, 0) is 35.9 Å². The summed E-state index contributed by atoms with van der Waals surface area (Å²) >= 11 is 3.34. The first-order chi connectivity index (χ1) is 12.1. The molecule has 1 aliphatic heterocycles. The standard InChI is InChI=1S/C18H14BrN3O2S/c19-15-6-8-16(9-7-15)25(23,24)22-17(14-4-2-1-3-5-14)11-13-21-18(22)10-12-20-21/h1-13,17H. The van der Waals surface area contributed by atoms with Crippen molar-refractivity contribution in [3.63, 3.8) is 0 Å². The third kappa shape index (κ3) is 2.79. The number of rotatable bonds is 3. The molecule has 0 bridgehead atoms. The van der Waals surface area contributed by atoms with Crippen molar-refractivity contribution in [3.8, 4) is 0 Å². The van der Waals surface area contributed by atoms with Gasteiger partial charge in [-0.25, -0.2) is 17.4 Å². The molecular formula is C18H14BrN3O2S. The molecule has 0 aliphatic carbocycles. The summed E-state index contributed by atoms with van der Waals surface area (Å²) in [6, 6.07) is 17.5. The smallest absolute Gasteiger partial charge is 0.238 e. The summed E-state index contributed by atoms with van der Waals surface area (Å²) in [4.78, 5) is 0.236. The number of fused-ring (bicyclic) bond motifs is 1. The molecule has 7 heteroatoms.